The lowest BCUT2D eigenvalue weighted by molar-refractivity contribution is -0.153. The second-order valence-electron chi connectivity index (χ2n) is 7.40. The zero-order chi connectivity index (χ0) is 22.5. The average molecular weight is 425 g/mol. The number of ether oxygens (including phenoxy) is 2. The van der Waals surface area contributed by atoms with E-state index in [2.05, 4.69) is 15.4 Å². The van der Waals surface area contributed by atoms with Gasteiger partial charge in [-0.3, -0.25) is 9.59 Å². The van der Waals surface area contributed by atoms with Crippen LogP contribution >= 0.6 is 0 Å². The fourth-order valence-corrected chi connectivity index (χ4v) is 3.38. The van der Waals surface area contributed by atoms with E-state index in [1.165, 1.54) is 0 Å². The molecule has 0 saturated carbocycles. The molecule has 0 aliphatic rings. The van der Waals surface area contributed by atoms with Crippen LogP contribution in [-0.4, -0.2) is 39.2 Å². The van der Waals surface area contributed by atoms with E-state index >= 15 is 0 Å². The number of hydrogen-bond donors (Lipinski definition) is 1. The molecule has 0 fully saturated rings. The summed E-state index contributed by atoms with van der Waals surface area (Å²) in [6.07, 6.45) is -0.294. The minimum Gasteiger partial charge on any atom is -0.494 e. The number of esters is 1. The minimum absolute atomic E-state index is 0.149. The number of rotatable bonds is 8. The molecule has 0 saturated heterocycles. The van der Waals surface area contributed by atoms with Crippen molar-refractivity contribution < 1.29 is 19.1 Å². The van der Waals surface area contributed by atoms with Gasteiger partial charge in [0.1, 0.15) is 5.75 Å². The van der Waals surface area contributed by atoms with E-state index in [0.717, 1.165) is 34.0 Å². The fourth-order valence-electron chi connectivity index (χ4n) is 3.38. The molecule has 0 radical (unpaired) electrons. The quantitative estimate of drug-likeness (QED) is 0.556. The summed E-state index contributed by atoms with van der Waals surface area (Å²) in [5.74, 6) is -0.103. The Morgan fingerprint density at radius 3 is 2.55 bits per heavy atom. The van der Waals surface area contributed by atoms with Crippen LogP contribution in [0.1, 0.15) is 42.9 Å². The number of carbonyl (C=O) groups excluding carboxylic acids is 2. The number of fused-ring (bicyclic) bond motifs is 1. The van der Waals surface area contributed by atoms with Gasteiger partial charge in [-0.15, -0.1) is 0 Å². The number of benzene rings is 1. The summed E-state index contributed by atoms with van der Waals surface area (Å²) in [5.41, 5.74) is 5.05. The summed E-state index contributed by atoms with van der Waals surface area (Å²) in [7, 11) is 0. The Kier molecular flexibility index (Phi) is 6.89. The second-order valence-corrected chi connectivity index (χ2v) is 7.40. The standard InChI is InChI=1S/C23H28N4O4/c1-6-30-19-9-7-18(8-10-19)25-23(29)17(5)31-22(28)12-11-20-15(3)24-21-13-14(2)26-27(21)16(20)4/h7-10,13,17H,6,11-12H2,1-5H3,(H,25,29)/t17-/m0/s1. The van der Waals surface area contributed by atoms with Crippen LogP contribution in [0.15, 0.2) is 30.3 Å². The predicted molar refractivity (Wildman–Crippen MR) is 117 cm³/mol. The maximum absolute atomic E-state index is 12.3. The number of anilines is 1. The normalized spacial score (nSPS) is 11.9. The molecule has 0 spiro atoms. The maximum Gasteiger partial charge on any atom is 0.306 e. The van der Waals surface area contributed by atoms with Gasteiger partial charge in [-0.05, 0) is 70.9 Å². The van der Waals surface area contributed by atoms with Crippen LogP contribution in [0.3, 0.4) is 0 Å². The zero-order valence-corrected chi connectivity index (χ0v) is 18.6. The minimum atomic E-state index is -0.907. The number of nitrogens with one attached hydrogen (secondary N) is 1. The summed E-state index contributed by atoms with van der Waals surface area (Å²) in [6.45, 7) is 9.83. The highest BCUT2D eigenvalue weighted by atomic mass is 16.5. The van der Waals surface area contributed by atoms with Crippen molar-refractivity contribution in [1.82, 2.24) is 14.6 Å². The summed E-state index contributed by atoms with van der Waals surface area (Å²) in [5, 5.41) is 7.18. The molecule has 2 heterocycles. The second kappa shape index (κ2) is 9.59. The number of carbonyl (C=O) groups is 2. The monoisotopic (exact) mass is 424 g/mol. The van der Waals surface area contributed by atoms with Gasteiger partial charge in [0.15, 0.2) is 11.8 Å². The van der Waals surface area contributed by atoms with Crippen molar-refractivity contribution in [3.63, 3.8) is 0 Å². The van der Waals surface area contributed by atoms with Gasteiger partial charge in [0, 0.05) is 29.6 Å². The molecule has 1 N–H and O–H groups in total. The van der Waals surface area contributed by atoms with E-state index in [4.69, 9.17) is 9.47 Å². The third-order valence-corrected chi connectivity index (χ3v) is 4.98. The Bertz CT molecular complexity index is 1090. The first-order valence-electron chi connectivity index (χ1n) is 10.3. The average Bonchev–Trinajstić information content (AvgIpc) is 3.09. The molecule has 1 aromatic carbocycles. The van der Waals surface area contributed by atoms with Crippen LogP contribution in [-0.2, 0) is 20.7 Å². The Morgan fingerprint density at radius 1 is 1.16 bits per heavy atom. The summed E-state index contributed by atoms with van der Waals surface area (Å²) in [4.78, 5) is 29.2. The molecule has 8 nitrogen and oxygen atoms in total. The molecular formula is C23H28N4O4. The molecular weight excluding hydrogens is 396 g/mol. The Balaban J connectivity index is 1.55. The van der Waals surface area contributed by atoms with E-state index < -0.39 is 12.1 Å². The number of amides is 1. The lowest BCUT2D eigenvalue weighted by Crippen LogP contribution is -2.30. The van der Waals surface area contributed by atoms with Gasteiger partial charge >= 0.3 is 5.97 Å². The first-order chi connectivity index (χ1) is 14.8. The largest absolute Gasteiger partial charge is 0.494 e. The van der Waals surface area contributed by atoms with Crippen molar-refractivity contribution >= 4 is 23.2 Å². The highest BCUT2D eigenvalue weighted by Gasteiger charge is 2.19. The van der Waals surface area contributed by atoms with Gasteiger partial charge in [-0.2, -0.15) is 5.10 Å². The van der Waals surface area contributed by atoms with Gasteiger partial charge in [0.2, 0.25) is 0 Å². The van der Waals surface area contributed by atoms with Crippen molar-refractivity contribution in [1.29, 1.82) is 0 Å². The molecule has 31 heavy (non-hydrogen) atoms. The smallest absolute Gasteiger partial charge is 0.306 e. The third kappa shape index (κ3) is 5.39. The SMILES string of the molecule is CCOc1ccc(NC(=O)[C@H](C)OC(=O)CCc2c(C)nc3cc(C)nn3c2C)cc1. The molecule has 1 amide bonds. The van der Waals surface area contributed by atoms with Crippen LogP contribution in [0.5, 0.6) is 5.75 Å². The van der Waals surface area contributed by atoms with Crippen LogP contribution in [0.25, 0.3) is 5.65 Å². The highest BCUT2D eigenvalue weighted by Crippen LogP contribution is 2.18. The van der Waals surface area contributed by atoms with Crippen molar-refractivity contribution in [3.8, 4) is 5.75 Å². The number of aromatic nitrogens is 3. The van der Waals surface area contributed by atoms with Crippen LogP contribution in [0.4, 0.5) is 5.69 Å². The van der Waals surface area contributed by atoms with Crippen molar-refractivity contribution in [3.05, 3.63) is 53.0 Å². The van der Waals surface area contributed by atoms with Crippen LogP contribution < -0.4 is 10.1 Å². The van der Waals surface area contributed by atoms with E-state index in [0.29, 0.717) is 18.7 Å². The molecule has 2 aromatic heterocycles. The van der Waals surface area contributed by atoms with Crippen molar-refractivity contribution in [2.45, 2.75) is 53.6 Å². The van der Waals surface area contributed by atoms with E-state index in [1.807, 2.05) is 33.8 Å². The van der Waals surface area contributed by atoms with Crippen molar-refractivity contribution in [2.75, 3.05) is 11.9 Å². The lowest BCUT2D eigenvalue weighted by atomic mass is 10.1. The molecule has 3 rings (SSSR count). The Labute approximate surface area is 181 Å². The van der Waals surface area contributed by atoms with Gasteiger partial charge in [0.25, 0.3) is 5.91 Å². The molecule has 0 unspecified atom stereocenters. The Hall–Kier alpha value is -3.42. The predicted octanol–water partition coefficient (Wildman–Crippen LogP) is 3.56. The van der Waals surface area contributed by atoms with Gasteiger partial charge in [-0.1, -0.05) is 0 Å². The summed E-state index contributed by atoms with van der Waals surface area (Å²) in [6, 6.07) is 8.94. The van der Waals surface area contributed by atoms with Gasteiger partial charge in [0.05, 0.1) is 12.3 Å². The first kappa shape index (κ1) is 22.3. The van der Waals surface area contributed by atoms with Crippen molar-refractivity contribution in [2.24, 2.45) is 0 Å². The van der Waals surface area contributed by atoms with Crippen LogP contribution in [0.2, 0.25) is 0 Å². The molecule has 0 bridgehead atoms. The maximum atomic E-state index is 12.3. The van der Waals surface area contributed by atoms with Gasteiger partial charge < -0.3 is 14.8 Å². The van der Waals surface area contributed by atoms with E-state index in [9.17, 15) is 9.59 Å². The first-order valence-corrected chi connectivity index (χ1v) is 10.3. The molecule has 3 aromatic rings. The highest BCUT2D eigenvalue weighted by molar-refractivity contribution is 5.95. The van der Waals surface area contributed by atoms with E-state index in [1.54, 1.807) is 35.7 Å². The molecule has 0 aliphatic heterocycles. The van der Waals surface area contributed by atoms with E-state index in [-0.39, 0.29) is 12.3 Å². The lowest BCUT2D eigenvalue weighted by Gasteiger charge is -2.15. The molecule has 1 atom stereocenters. The summed E-state index contributed by atoms with van der Waals surface area (Å²) < 4.78 is 12.5. The zero-order valence-electron chi connectivity index (χ0n) is 18.6. The molecule has 164 valence electrons. The van der Waals surface area contributed by atoms with Gasteiger partial charge in [-0.25, -0.2) is 9.50 Å². The number of hydrogen-bond acceptors (Lipinski definition) is 6. The Morgan fingerprint density at radius 2 is 1.87 bits per heavy atom. The van der Waals surface area contributed by atoms with Crippen LogP contribution in [0, 0.1) is 20.8 Å². The number of nitrogens with zero attached hydrogens (tertiary/aromatic N) is 3. The molecule has 8 heteroatoms. The molecule has 0 aliphatic carbocycles. The topological polar surface area (TPSA) is 94.8 Å². The third-order valence-electron chi connectivity index (χ3n) is 4.98. The fraction of sp³-hybridized carbons (Fsp3) is 0.391. The number of aryl methyl sites for hydroxylation is 3. The summed E-state index contributed by atoms with van der Waals surface area (Å²) >= 11 is 0.